The molecule has 28 heavy (non-hydrogen) atoms. The third-order valence-electron chi connectivity index (χ3n) is 4.61. The molecule has 0 saturated carbocycles. The van der Waals surface area contributed by atoms with Crippen LogP contribution in [0.25, 0.3) is 11.3 Å². The van der Waals surface area contributed by atoms with Crippen molar-refractivity contribution >= 4 is 35.0 Å². The Kier molecular flexibility index (Phi) is 4.95. The van der Waals surface area contributed by atoms with E-state index in [1.807, 2.05) is 24.3 Å². The zero-order valence-electron chi connectivity index (χ0n) is 15.5. The molecule has 2 heterocycles. The number of amides is 1. The highest BCUT2D eigenvalue weighted by Gasteiger charge is 2.30. The highest BCUT2D eigenvalue weighted by molar-refractivity contribution is 7.98. The van der Waals surface area contributed by atoms with Crippen LogP contribution in [0.3, 0.4) is 0 Å². The molecule has 0 N–H and O–H groups in total. The minimum atomic E-state index is -0.301. The summed E-state index contributed by atoms with van der Waals surface area (Å²) >= 11 is 7.90. The lowest BCUT2D eigenvalue weighted by Gasteiger charge is -2.21. The first kappa shape index (κ1) is 18.7. The van der Waals surface area contributed by atoms with Crippen LogP contribution in [0.5, 0.6) is 11.5 Å². The smallest absolute Gasteiger partial charge is 0.280 e. The molecule has 0 aliphatic carbocycles. The van der Waals surface area contributed by atoms with Crippen molar-refractivity contribution in [3.05, 3.63) is 52.7 Å². The first-order chi connectivity index (χ1) is 13.5. The normalized spacial score (nSPS) is 12.1. The maximum atomic E-state index is 13.2. The van der Waals surface area contributed by atoms with Gasteiger partial charge in [-0.2, -0.15) is 0 Å². The van der Waals surface area contributed by atoms with Gasteiger partial charge in [-0.25, -0.2) is 0 Å². The molecule has 1 aliphatic rings. The Morgan fingerprint density at radius 3 is 2.71 bits per heavy atom. The lowest BCUT2D eigenvalue weighted by atomic mass is 10.1. The number of carbonyl (C=O) groups excluding carboxylic acids is 1. The summed E-state index contributed by atoms with van der Waals surface area (Å²) in [5, 5.41) is 4.46. The average molecular weight is 417 g/mol. The van der Waals surface area contributed by atoms with Crippen LogP contribution in [0.4, 0.5) is 5.69 Å². The van der Waals surface area contributed by atoms with Gasteiger partial charge in [-0.15, -0.1) is 11.8 Å². The van der Waals surface area contributed by atoms with Crippen molar-refractivity contribution in [1.29, 1.82) is 0 Å². The van der Waals surface area contributed by atoms with E-state index in [1.54, 1.807) is 30.9 Å². The minimum absolute atomic E-state index is 0.286. The maximum absolute atomic E-state index is 13.2. The van der Waals surface area contributed by atoms with Crippen LogP contribution in [0.2, 0.25) is 5.02 Å². The molecule has 1 amide bonds. The lowest BCUT2D eigenvalue weighted by molar-refractivity contribution is 0.0983. The van der Waals surface area contributed by atoms with Crippen LogP contribution in [0.1, 0.15) is 16.1 Å². The van der Waals surface area contributed by atoms with Gasteiger partial charge in [0.2, 0.25) is 0 Å². The zero-order valence-corrected chi connectivity index (χ0v) is 17.1. The van der Waals surface area contributed by atoms with Gasteiger partial charge < -0.3 is 18.9 Å². The summed E-state index contributed by atoms with van der Waals surface area (Å²) in [6.45, 7) is 0. The SMILES string of the molecule is COc1cc(OC)c(N(C)C(=O)c2noc3c2CSc2ccccc2-3)cc1Cl. The molecule has 0 bridgehead atoms. The van der Waals surface area contributed by atoms with Gasteiger partial charge in [-0.3, -0.25) is 4.79 Å². The van der Waals surface area contributed by atoms with Gasteiger partial charge in [0.25, 0.3) is 5.91 Å². The van der Waals surface area contributed by atoms with E-state index in [1.165, 1.54) is 19.1 Å². The standard InChI is InChI=1S/C20H17ClN2O4S/c1-23(14-8-13(21)15(25-2)9-16(14)26-3)20(24)18-12-10-28-17-7-5-4-6-11(17)19(12)27-22-18/h4-9H,10H2,1-3H3. The molecule has 8 heteroatoms. The van der Waals surface area contributed by atoms with Crippen molar-refractivity contribution in [2.75, 3.05) is 26.2 Å². The van der Waals surface area contributed by atoms with E-state index in [2.05, 4.69) is 5.16 Å². The van der Waals surface area contributed by atoms with Gasteiger partial charge in [0.1, 0.15) is 11.5 Å². The van der Waals surface area contributed by atoms with Crippen molar-refractivity contribution in [3.8, 4) is 22.8 Å². The summed E-state index contributed by atoms with van der Waals surface area (Å²) < 4.78 is 16.2. The number of halogens is 1. The molecule has 2 aromatic carbocycles. The number of methoxy groups -OCH3 is 2. The fraction of sp³-hybridized carbons (Fsp3) is 0.200. The number of anilines is 1. The van der Waals surface area contributed by atoms with Gasteiger partial charge in [0, 0.05) is 34.9 Å². The van der Waals surface area contributed by atoms with Crippen LogP contribution >= 0.6 is 23.4 Å². The Labute approximate surface area is 171 Å². The minimum Gasteiger partial charge on any atom is -0.495 e. The predicted molar refractivity (Wildman–Crippen MR) is 109 cm³/mol. The van der Waals surface area contributed by atoms with Crippen molar-refractivity contribution in [2.24, 2.45) is 0 Å². The predicted octanol–water partition coefficient (Wildman–Crippen LogP) is 4.89. The first-order valence-electron chi connectivity index (χ1n) is 8.45. The number of benzene rings is 2. The van der Waals surface area contributed by atoms with Gasteiger partial charge >= 0.3 is 0 Å². The molecular weight excluding hydrogens is 400 g/mol. The van der Waals surface area contributed by atoms with Crippen LogP contribution in [0.15, 0.2) is 45.8 Å². The number of hydrogen-bond donors (Lipinski definition) is 0. The molecule has 1 aliphatic heterocycles. The number of hydrogen-bond acceptors (Lipinski definition) is 6. The molecule has 4 rings (SSSR count). The summed E-state index contributed by atoms with van der Waals surface area (Å²) in [6.07, 6.45) is 0. The third kappa shape index (κ3) is 3.00. The summed E-state index contributed by atoms with van der Waals surface area (Å²) in [5.41, 5.74) is 2.54. The molecule has 0 fully saturated rings. The Bertz CT molecular complexity index is 1070. The molecule has 1 aromatic heterocycles. The van der Waals surface area contributed by atoms with E-state index >= 15 is 0 Å². The van der Waals surface area contributed by atoms with Gasteiger partial charge in [-0.05, 0) is 18.2 Å². The van der Waals surface area contributed by atoms with Crippen molar-refractivity contribution < 1.29 is 18.8 Å². The van der Waals surface area contributed by atoms with E-state index in [0.29, 0.717) is 33.7 Å². The molecule has 0 saturated heterocycles. The fourth-order valence-corrected chi connectivity index (χ4v) is 4.42. The van der Waals surface area contributed by atoms with Crippen molar-refractivity contribution in [1.82, 2.24) is 5.16 Å². The number of fused-ring (bicyclic) bond motifs is 3. The summed E-state index contributed by atoms with van der Waals surface area (Å²) in [4.78, 5) is 15.8. The maximum Gasteiger partial charge on any atom is 0.280 e. The van der Waals surface area contributed by atoms with Gasteiger partial charge in [0.15, 0.2) is 11.5 Å². The molecule has 3 aromatic rings. The molecular formula is C20H17ClN2O4S. The van der Waals surface area contributed by atoms with Gasteiger partial charge in [-0.1, -0.05) is 28.9 Å². The second kappa shape index (κ2) is 7.41. The molecule has 0 unspecified atom stereocenters. The van der Waals surface area contributed by atoms with E-state index < -0.39 is 0 Å². The number of carbonyl (C=O) groups is 1. The van der Waals surface area contributed by atoms with Gasteiger partial charge in [0.05, 0.1) is 24.9 Å². The first-order valence-corrected chi connectivity index (χ1v) is 9.81. The summed E-state index contributed by atoms with van der Waals surface area (Å²) in [6, 6.07) is 11.2. The van der Waals surface area contributed by atoms with Crippen LogP contribution in [0, 0.1) is 0 Å². The number of thioether (sulfide) groups is 1. The topological polar surface area (TPSA) is 64.8 Å². The quantitative estimate of drug-likeness (QED) is 0.603. The second-order valence-electron chi connectivity index (χ2n) is 6.15. The molecule has 6 nitrogen and oxygen atoms in total. The fourth-order valence-electron chi connectivity index (χ4n) is 3.13. The largest absolute Gasteiger partial charge is 0.495 e. The monoisotopic (exact) mass is 416 g/mol. The highest BCUT2D eigenvalue weighted by atomic mass is 35.5. The van der Waals surface area contributed by atoms with E-state index in [9.17, 15) is 4.79 Å². The number of ether oxygens (including phenoxy) is 2. The second-order valence-corrected chi connectivity index (χ2v) is 7.57. The van der Waals surface area contributed by atoms with Crippen molar-refractivity contribution in [3.63, 3.8) is 0 Å². The van der Waals surface area contributed by atoms with Crippen LogP contribution in [-0.4, -0.2) is 32.3 Å². The summed E-state index contributed by atoms with van der Waals surface area (Å²) in [7, 11) is 4.69. The van der Waals surface area contributed by atoms with Crippen LogP contribution < -0.4 is 14.4 Å². The molecule has 0 atom stereocenters. The Balaban J connectivity index is 1.72. The number of aromatic nitrogens is 1. The van der Waals surface area contributed by atoms with Crippen LogP contribution in [-0.2, 0) is 5.75 Å². The van der Waals surface area contributed by atoms with E-state index in [0.717, 1.165) is 16.0 Å². The number of nitrogens with zero attached hydrogens (tertiary/aromatic N) is 2. The summed E-state index contributed by atoms with van der Waals surface area (Å²) in [5.74, 6) is 1.89. The lowest BCUT2D eigenvalue weighted by Crippen LogP contribution is -2.28. The zero-order chi connectivity index (χ0) is 19.8. The third-order valence-corrected chi connectivity index (χ3v) is 6.01. The van der Waals surface area contributed by atoms with Crippen molar-refractivity contribution in [2.45, 2.75) is 10.6 Å². The Morgan fingerprint density at radius 1 is 1.21 bits per heavy atom. The highest BCUT2D eigenvalue weighted by Crippen LogP contribution is 2.43. The molecule has 0 spiro atoms. The van der Waals surface area contributed by atoms with E-state index in [-0.39, 0.29) is 11.6 Å². The van der Waals surface area contributed by atoms with E-state index in [4.69, 9.17) is 25.6 Å². The average Bonchev–Trinajstić information content (AvgIpc) is 3.17. The molecule has 0 radical (unpaired) electrons. The Hall–Kier alpha value is -2.64. The molecule has 144 valence electrons. The Morgan fingerprint density at radius 2 is 1.96 bits per heavy atom. The number of rotatable bonds is 4.